The molecule has 1 atom stereocenters. The highest BCUT2D eigenvalue weighted by Crippen LogP contribution is 2.32. The van der Waals surface area contributed by atoms with Gasteiger partial charge in [-0.1, -0.05) is 13.8 Å². The summed E-state index contributed by atoms with van der Waals surface area (Å²) in [7, 11) is -2.37. The minimum absolute atomic E-state index is 0.0457. The van der Waals surface area contributed by atoms with E-state index in [1.807, 2.05) is 13.8 Å². The van der Waals surface area contributed by atoms with Crippen LogP contribution in [-0.4, -0.2) is 40.6 Å². The van der Waals surface area contributed by atoms with Crippen LogP contribution in [0.15, 0.2) is 23.1 Å². The van der Waals surface area contributed by atoms with Gasteiger partial charge in [-0.3, -0.25) is 4.79 Å². The number of carbonyl (C=O) groups is 1. The average molecular weight is 356 g/mol. The van der Waals surface area contributed by atoms with E-state index in [1.165, 1.54) is 19.2 Å². The van der Waals surface area contributed by atoms with Crippen LogP contribution in [0.2, 0.25) is 0 Å². The molecule has 1 heterocycles. The first-order valence-electron chi connectivity index (χ1n) is 7.97. The Morgan fingerprint density at radius 1 is 1.21 bits per heavy atom. The number of amides is 1. The number of ether oxygens (including phenoxy) is 2. The molecular formula is C16H24N2O5S. The first-order valence-corrected chi connectivity index (χ1v) is 9.45. The third-order valence-corrected chi connectivity index (χ3v) is 5.07. The molecule has 0 fully saturated rings. The molecule has 1 aliphatic rings. The van der Waals surface area contributed by atoms with Gasteiger partial charge in [0.05, 0.1) is 18.1 Å². The largest absolute Gasteiger partial charge is 0.490 e. The highest BCUT2D eigenvalue weighted by atomic mass is 32.2. The van der Waals surface area contributed by atoms with Crippen molar-refractivity contribution in [3.63, 3.8) is 0 Å². The van der Waals surface area contributed by atoms with Crippen LogP contribution in [0, 0.1) is 5.92 Å². The van der Waals surface area contributed by atoms with Crippen molar-refractivity contribution in [3.05, 3.63) is 18.2 Å². The second-order valence-corrected chi connectivity index (χ2v) is 7.79. The SMILES string of the molecule is CNC(=O)[C@H](CC(C)C)NS(=O)(=O)c1ccc2c(c1)OCCCO2. The normalized spacial score (nSPS) is 15.7. The maximum atomic E-state index is 12.6. The Balaban J connectivity index is 2.25. The Labute approximate surface area is 142 Å². The molecule has 0 bridgehead atoms. The van der Waals surface area contributed by atoms with Crippen LogP contribution in [-0.2, 0) is 14.8 Å². The summed E-state index contributed by atoms with van der Waals surface area (Å²) in [4.78, 5) is 12.0. The fourth-order valence-electron chi connectivity index (χ4n) is 2.42. The Bertz CT molecular complexity index is 688. The summed E-state index contributed by atoms with van der Waals surface area (Å²) >= 11 is 0. The smallest absolute Gasteiger partial charge is 0.241 e. The average Bonchev–Trinajstić information content (AvgIpc) is 2.77. The van der Waals surface area contributed by atoms with Crippen molar-refractivity contribution in [2.45, 2.75) is 37.6 Å². The molecule has 0 aromatic heterocycles. The van der Waals surface area contributed by atoms with Gasteiger partial charge in [0, 0.05) is 19.5 Å². The number of likely N-dealkylation sites (N-methyl/N-ethyl adjacent to an activating group) is 1. The van der Waals surface area contributed by atoms with Crippen LogP contribution in [0.3, 0.4) is 0 Å². The van der Waals surface area contributed by atoms with Gasteiger partial charge < -0.3 is 14.8 Å². The highest BCUT2D eigenvalue weighted by molar-refractivity contribution is 7.89. The minimum atomic E-state index is -3.85. The van der Waals surface area contributed by atoms with E-state index in [9.17, 15) is 13.2 Å². The number of hydrogen-bond acceptors (Lipinski definition) is 5. The highest BCUT2D eigenvalue weighted by Gasteiger charge is 2.27. The summed E-state index contributed by atoms with van der Waals surface area (Å²) in [6, 6.07) is 3.63. The monoisotopic (exact) mass is 356 g/mol. The van der Waals surface area contributed by atoms with E-state index in [4.69, 9.17) is 9.47 Å². The molecular weight excluding hydrogens is 332 g/mol. The summed E-state index contributed by atoms with van der Waals surface area (Å²) in [6.07, 6.45) is 1.14. The molecule has 1 amide bonds. The van der Waals surface area contributed by atoms with Crippen molar-refractivity contribution in [1.82, 2.24) is 10.0 Å². The van der Waals surface area contributed by atoms with Crippen molar-refractivity contribution in [2.75, 3.05) is 20.3 Å². The van der Waals surface area contributed by atoms with Crippen LogP contribution < -0.4 is 19.5 Å². The van der Waals surface area contributed by atoms with Crippen molar-refractivity contribution in [3.8, 4) is 11.5 Å². The second kappa shape index (κ2) is 7.85. The maximum Gasteiger partial charge on any atom is 0.241 e. The third-order valence-electron chi connectivity index (χ3n) is 3.60. The molecule has 0 unspecified atom stereocenters. The Morgan fingerprint density at radius 2 is 1.88 bits per heavy atom. The van der Waals surface area contributed by atoms with Crippen molar-refractivity contribution in [2.24, 2.45) is 5.92 Å². The number of rotatable bonds is 6. The molecule has 0 aliphatic carbocycles. The molecule has 1 aromatic carbocycles. The molecule has 8 heteroatoms. The van der Waals surface area contributed by atoms with Gasteiger partial charge in [-0.2, -0.15) is 4.72 Å². The van der Waals surface area contributed by atoms with E-state index in [0.29, 0.717) is 31.1 Å². The van der Waals surface area contributed by atoms with Crippen LogP contribution in [0.4, 0.5) is 0 Å². The molecule has 2 N–H and O–H groups in total. The van der Waals surface area contributed by atoms with Gasteiger partial charge in [0.15, 0.2) is 11.5 Å². The van der Waals surface area contributed by atoms with Crippen LogP contribution >= 0.6 is 0 Å². The van der Waals surface area contributed by atoms with Crippen molar-refractivity contribution in [1.29, 1.82) is 0 Å². The summed E-state index contributed by atoms with van der Waals surface area (Å²) < 4.78 is 38.8. The van der Waals surface area contributed by atoms with Gasteiger partial charge in [-0.25, -0.2) is 8.42 Å². The first-order chi connectivity index (χ1) is 11.3. The van der Waals surface area contributed by atoms with E-state index in [1.54, 1.807) is 6.07 Å². The zero-order valence-corrected chi connectivity index (χ0v) is 15.0. The Kier molecular flexibility index (Phi) is 6.06. The van der Waals surface area contributed by atoms with Gasteiger partial charge in [0.25, 0.3) is 0 Å². The van der Waals surface area contributed by atoms with Gasteiger partial charge in [0.1, 0.15) is 6.04 Å². The lowest BCUT2D eigenvalue weighted by molar-refractivity contribution is -0.122. The summed E-state index contributed by atoms with van der Waals surface area (Å²) in [6.45, 7) is 4.86. The summed E-state index contributed by atoms with van der Waals surface area (Å²) in [5, 5.41) is 2.49. The van der Waals surface area contributed by atoms with Crippen LogP contribution in [0.1, 0.15) is 26.7 Å². The molecule has 134 valence electrons. The Hall–Kier alpha value is -1.80. The van der Waals surface area contributed by atoms with E-state index >= 15 is 0 Å². The summed E-state index contributed by atoms with van der Waals surface area (Å²) in [5.41, 5.74) is 0. The standard InChI is InChI=1S/C16H24N2O5S/c1-11(2)9-13(16(19)17-3)18-24(20,21)12-5-6-14-15(10-12)23-8-4-7-22-14/h5-6,10-11,13,18H,4,7-9H2,1-3H3,(H,17,19)/t13-/m0/s1. The summed E-state index contributed by atoms with van der Waals surface area (Å²) in [5.74, 6) is 0.729. The van der Waals surface area contributed by atoms with Gasteiger partial charge >= 0.3 is 0 Å². The zero-order chi connectivity index (χ0) is 17.7. The fourth-order valence-corrected chi connectivity index (χ4v) is 3.64. The quantitative estimate of drug-likeness (QED) is 0.801. The van der Waals surface area contributed by atoms with Gasteiger partial charge in [-0.15, -0.1) is 0 Å². The van der Waals surface area contributed by atoms with E-state index in [2.05, 4.69) is 10.0 Å². The zero-order valence-electron chi connectivity index (χ0n) is 14.2. The third kappa shape index (κ3) is 4.61. The van der Waals surface area contributed by atoms with E-state index < -0.39 is 16.1 Å². The van der Waals surface area contributed by atoms with Gasteiger partial charge in [-0.05, 0) is 24.5 Å². The minimum Gasteiger partial charge on any atom is -0.490 e. The van der Waals surface area contributed by atoms with Gasteiger partial charge in [0.2, 0.25) is 15.9 Å². The first kappa shape index (κ1) is 18.5. The fraction of sp³-hybridized carbons (Fsp3) is 0.562. The number of sulfonamides is 1. The number of fused-ring (bicyclic) bond motifs is 1. The van der Waals surface area contributed by atoms with E-state index in [0.717, 1.165) is 6.42 Å². The van der Waals surface area contributed by atoms with Crippen LogP contribution in [0.25, 0.3) is 0 Å². The number of nitrogens with one attached hydrogen (secondary N) is 2. The molecule has 1 aliphatic heterocycles. The number of carbonyl (C=O) groups excluding carboxylic acids is 1. The number of hydrogen-bond donors (Lipinski definition) is 2. The lowest BCUT2D eigenvalue weighted by Crippen LogP contribution is -2.46. The lowest BCUT2D eigenvalue weighted by atomic mass is 10.0. The van der Waals surface area contributed by atoms with Crippen molar-refractivity contribution >= 4 is 15.9 Å². The van der Waals surface area contributed by atoms with E-state index in [-0.39, 0.29) is 16.7 Å². The molecule has 1 aromatic rings. The lowest BCUT2D eigenvalue weighted by Gasteiger charge is -2.19. The predicted molar refractivity (Wildman–Crippen MR) is 89.7 cm³/mol. The van der Waals surface area contributed by atoms with Crippen LogP contribution in [0.5, 0.6) is 11.5 Å². The molecule has 2 rings (SSSR count). The Morgan fingerprint density at radius 3 is 2.50 bits per heavy atom. The predicted octanol–water partition coefficient (Wildman–Crippen LogP) is 1.29. The molecule has 0 saturated heterocycles. The molecule has 24 heavy (non-hydrogen) atoms. The van der Waals surface area contributed by atoms with Crippen molar-refractivity contribution < 1.29 is 22.7 Å². The maximum absolute atomic E-state index is 12.6. The molecule has 0 saturated carbocycles. The molecule has 0 spiro atoms. The molecule has 7 nitrogen and oxygen atoms in total. The second-order valence-electron chi connectivity index (χ2n) is 6.08. The number of benzene rings is 1. The molecule has 0 radical (unpaired) electrons. The topological polar surface area (TPSA) is 93.7 Å².